The predicted octanol–water partition coefficient (Wildman–Crippen LogP) is 2.58. The van der Waals surface area contributed by atoms with Gasteiger partial charge in [-0.1, -0.05) is 12.1 Å². The zero-order valence-corrected chi connectivity index (χ0v) is 11.3. The summed E-state index contributed by atoms with van der Waals surface area (Å²) < 4.78 is 26.4. The molecule has 1 aliphatic heterocycles. The van der Waals surface area contributed by atoms with Crippen molar-refractivity contribution in [2.75, 3.05) is 32.7 Å². The SMILES string of the molecule is Fc1cccc(CCNCCCN2CCCC2)c1F. The lowest BCUT2D eigenvalue weighted by atomic mass is 10.1. The Morgan fingerprint density at radius 3 is 2.68 bits per heavy atom. The molecule has 1 fully saturated rings. The van der Waals surface area contributed by atoms with Gasteiger partial charge in [0.15, 0.2) is 11.6 Å². The number of likely N-dealkylation sites (tertiary alicyclic amines) is 1. The second-order valence-electron chi connectivity index (χ2n) is 5.12. The predicted molar refractivity (Wildman–Crippen MR) is 73.2 cm³/mol. The maximum atomic E-state index is 13.4. The van der Waals surface area contributed by atoms with Crippen LogP contribution in [0, 0.1) is 11.6 Å². The van der Waals surface area contributed by atoms with Gasteiger partial charge < -0.3 is 10.2 Å². The molecule has 0 unspecified atom stereocenters. The molecule has 1 N–H and O–H groups in total. The van der Waals surface area contributed by atoms with Gasteiger partial charge in [-0.25, -0.2) is 8.78 Å². The number of nitrogens with zero attached hydrogens (tertiary/aromatic N) is 1. The van der Waals surface area contributed by atoms with Crippen molar-refractivity contribution >= 4 is 0 Å². The lowest BCUT2D eigenvalue weighted by molar-refractivity contribution is 0.331. The number of halogens is 2. The summed E-state index contributed by atoms with van der Waals surface area (Å²) in [4.78, 5) is 2.48. The van der Waals surface area contributed by atoms with Crippen LogP contribution >= 0.6 is 0 Å². The Morgan fingerprint density at radius 1 is 1.11 bits per heavy atom. The molecule has 0 atom stereocenters. The van der Waals surface area contributed by atoms with Crippen molar-refractivity contribution in [3.8, 4) is 0 Å². The fourth-order valence-corrected chi connectivity index (χ4v) is 2.52. The smallest absolute Gasteiger partial charge is 0.162 e. The molecule has 0 radical (unpaired) electrons. The Kier molecular flexibility index (Phi) is 5.73. The van der Waals surface area contributed by atoms with Gasteiger partial charge in [-0.2, -0.15) is 0 Å². The van der Waals surface area contributed by atoms with E-state index in [1.54, 1.807) is 12.1 Å². The first-order chi connectivity index (χ1) is 9.27. The van der Waals surface area contributed by atoms with E-state index in [-0.39, 0.29) is 0 Å². The molecular formula is C15H22F2N2. The van der Waals surface area contributed by atoms with Crippen LogP contribution in [0.1, 0.15) is 24.8 Å². The summed E-state index contributed by atoms with van der Waals surface area (Å²) in [7, 11) is 0. The van der Waals surface area contributed by atoms with Gasteiger partial charge in [0.1, 0.15) is 0 Å². The van der Waals surface area contributed by atoms with E-state index >= 15 is 0 Å². The van der Waals surface area contributed by atoms with Gasteiger partial charge in [-0.15, -0.1) is 0 Å². The second kappa shape index (κ2) is 7.56. The third kappa shape index (κ3) is 4.55. The van der Waals surface area contributed by atoms with Crippen molar-refractivity contribution in [2.45, 2.75) is 25.7 Å². The molecule has 1 aliphatic rings. The van der Waals surface area contributed by atoms with Gasteiger partial charge in [0, 0.05) is 0 Å². The van der Waals surface area contributed by atoms with Gasteiger partial charge in [0.2, 0.25) is 0 Å². The molecular weight excluding hydrogens is 246 g/mol. The highest BCUT2D eigenvalue weighted by Crippen LogP contribution is 2.11. The molecule has 1 aromatic rings. The number of hydrogen-bond donors (Lipinski definition) is 1. The molecule has 0 bridgehead atoms. The molecule has 1 saturated heterocycles. The van der Waals surface area contributed by atoms with E-state index in [2.05, 4.69) is 10.2 Å². The first kappa shape index (κ1) is 14.4. The van der Waals surface area contributed by atoms with Crippen LogP contribution < -0.4 is 5.32 Å². The summed E-state index contributed by atoms with van der Waals surface area (Å²) in [5, 5.41) is 3.29. The molecule has 2 rings (SSSR count). The molecule has 106 valence electrons. The summed E-state index contributed by atoms with van der Waals surface area (Å²) in [5.41, 5.74) is 0.451. The molecule has 19 heavy (non-hydrogen) atoms. The standard InChI is InChI=1S/C15H22F2N2/c16-14-6-3-5-13(15(14)17)7-9-18-8-4-12-19-10-1-2-11-19/h3,5-6,18H,1-2,4,7-12H2. The Bertz CT molecular complexity index is 390. The van der Waals surface area contributed by atoms with Crippen molar-refractivity contribution in [3.63, 3.8) is 0 Å². The van der Waals surface area contributed by atoms with E-state index in [1.165, 1.54) is 25.9 Å². The first-order valence-corrected chi connectivity index (χ1v) is 7.13. The fourth-order valence-electron chi connectivity index (χ4n) is 2.52. The lowest BCUT2D eigenvalue weighted by Gasteiger charge is -2.14. The average molecular weight is 268 g/mol. The van der Waals surface area contributed by atoms with Crippen molar-refractivity contribution in [2.24, 2.45) is 0 Å². The number of nitrogens with one attached hydrogen (secondary N) is 1. The number of benzene rings is 1. The quantitative estimate of drug-likeness (QED) is 0.765. The van der Waals surface area contributed by atoms with E-state index in [1.807, 2.05) is 0 Å². The summed E-state index contributed by atoms with van der Waals surface area (Å²) in [6, 6.07) is 4.35. The van der Waals surface area contributed by atoms with Gasteiger partial charge in [0.05, 0.1) is 0 Å². The van der Waals surface area contributed by atoms with Crippen LogP contribution in [-0.2, 0) is 6.42 Å². The topological polar surface area (TPSA) is 15.3 Å². The minimum absolute atomic E-state index is 0.451. The van der Waals surface area contributed by atoms with E-state index in [4.69, 9.17) is 0 Å². The van der Waals surface area contributed by atoms with Gasteiger partial charge in [-0.05, 0) is 70.0 Å². The minimum atomic E-state index is -0.758. The minimum Gasteiger partial charge on any atom is -0.316 e. The Labute approximate surface area is 113 Å². The number of rotatable bonds is 7. The molecule has 1 heterocycles. The highest BCUT2D eigenvalue weighted by molar-refractivity contribution is 5.19. The van der Waals surface area contributed by atoms with Crippen molar-refractivity contribution < 1.29 is 8.78 Å². The molecule has 1 aromatic carbocycles. The van der Waals surface area contributed by atoms with Crippen LogP contribution in [0.15, 0.2) is 18.2 Å². The van der Waals surface area contributed by atoms with Crippen LogP contribution in [0.3, 0.4) is 0 Å². The summed E-state index contributed by atoms with van der Waals surface area (Å²) in [6.45, 7) is 5.23. The van der Waals surface area contributed by atoms with Crippen molar-refractivity contribution in [1.82, 2.24) is 10.2 Å². The van der Waals surface area contributed by atoms with Crippen LogP contribution in [-0.4, -0.2) is 37.6 Å². The van der Waals surface area contributed by atoms with Gasteiger partial charge in [-0.3, -0.25) is 0 Å². The van der Waals surface area contributed by atoms with Crippen LogP contribution in [0.25, 0.3) is 0 Å². The summed E-state index contributed by atoms with van der Waals surface area (Å²) >= 11 is 0. The lowest BCUT2D eigenvalue weighted by Crippen LogP contribution is -2.26. The molecule has 0 aromatic heterocycles. The largest absolute Gasteiger partial charge is 0.316 e. The van der Waals surface area contributed by atoms with Gasteiger partial charge in [0.25, 0.3) is 0 Å². The van der Waals surface area contributed by atoms with Crippen LogP contribution in [0.5, 0.6) is 0 Å². The molecule has 0 saturated carbocycles. The van der Waals surface area contributed by atoms with Crippen LogP contribution in [0.2, 0.25) is 0 Å². The van der Waals surface area contributed by atoms with Crippen molar-refractivity contribution in [1.29, 1.82) is 0 Å². The van der Waals surface area contributed by atoms with E-state index in [9.17, 15) is 8.78 Å². The number of hydrogen-bond acceptors (Lipinski definition) is 2. The molecule has 0 aliphatic carbocycles. The zero-order valence-electron chi connectivity index (χ0n) is 11.3. The molecule has 0 amide bonds. The summed E-state index contributed by atoms with van der Waals surface area (Å²) in [5.74, 6) is -1.46. The molecule has 0 spiro atoms. The molecule has 2 nitrogen and oxygen atoms in total. The molecule has 4 heteroatoms. The Morgan fingerprint density at radius 2 is 1.89 bits per heavy atom. The second-order valence-corrected chi connectivity index (χ2v) is 5.12. The highest BCUT2D eigenvalue weighted by atomic mass is 19.2. The Hall–Kier alpha value is -1.00. The summed E-state index contributed by atoms with van der Waals surface area (Å²) in [6.07, 6.45) is 4.30. The maximum absolute atomic E-state index is 13.4. The monoisotopic (exact) mass is 268 g/mol. The van der Waals surface area contributed by atoms with E-state index in [0.717, 1.165) is 25.6 Å². The Balaban J connectivity index is 1.57. The average Bonchev–Trinajstić information content (AvgIpc) is 2.91. The fraction of sp³-hybridized carbons (Fsp3) is 0.600. The third-order valence-corrected chi connectivity index (χ3v) is 3.63. The third-order valence-electron chi connectivity index (χ3n) is 3.63. The normalized spacial score (nSPS) is 16.1. The van der Waals surface area contributed by atoms with Gasteiger partial charge >= 0.3 is 0 Å². The van der Waals surface area contributed by atoms with Crippen LogP contribution in [0.4, 0.5) is 8.78 Å². The zero-order chi connectivity index (χ0) is 13.5. The van der Waals surface area contributed by atoms with E-state index < -0.39 is 11.6 Å². The highest BCUT2D eigenvalue weighted by Gasteiger charge is 2.10. The maximum Gasteiger partial charge on any atom is 0.162 e. The van der Waals surface area contributed by atoms with E-state index in [0.29, 0.717) is 18.5 Å². The first-order valence-electron chi connectivity index (χ1n) is 7.13. The van der Waals surface area contributed by atoms with Crippen molar-refractivity contribution in [3.05, 3.63) is 35.4 Å².